The molecule has 0 saturated carbocycles. The van der Waals surface area contributed by atoms with E-state index in [0.29, 0.717) is 29.7 Å². The van der Waals surface area contributed by atoms with E-state index in [1.54, 1.807) is 12.1 Å². The summed E-state index contributed by atoms with van der Waals surface area (Å²) in [6, 6.07) is 4.74. The molecule has 0 radical (unpaired) electrons. The van der Waals surface area contributed by atoms with Crippen LogP contribution >= 0.6 is 15.9 Å². The van der Waals surface area contributed by atoms with Crippen molar-refractivity contribution in [1.29, 1.82) is 0 Å². The van der Waals surface area contributed by atoms with Crippen LogP contribution in [0, 0.1) is 5.82 Å². The van der Waals surface area contributed by atoms with Gasteiger partial charge in [0.1, 0.15) is 12.4 Å². The molecule has 5 heteroatoms. The van der Waals surface area contributed by atoms with Gasteiger partial charge in [-0.2, -0.15) is 0 Å². The number of likely N-dealkylation sites (tertiary alicyclic amines) is 1. The number of rotatable bonds is 4. The third-order valence-corrected chi connectivity index (χ3v) is 3.47. The highest BCUT2D eigenvalue weighted by atomic mass is 79.9. The number of carbonyl (C=O) groups excluding carboxylic acids is 1. The van der Waals surface area contributed by atoms with Crippen LogP contribution in [0.25, 0.3) is 0 Å². The lowest BCUT2D eigenvalue weighted by molar-refractivity contribution is -0.121. The third kappa shape index (κ3) is 3.78. The number of Topliss-reactive ketones (excluding diaryl/α,β-unsaturated/α-hetero) is 1. The van der Waals surface area contributed by atoms with Crippen LogP contribution in [0.3, 0.4) is 0 Å². The van der Waals surface area contributed by atoms with Gasteiger partial charge in [0.25, 0.3) is 0 Å². The number of ether oxygens (including phenoxy) is 1. The number of hydrogen-bond acceptors (Lipinski definition) is 3. The molecule has 1 saturated heterocycles. The molecular weight excluding hydrogens is 301 g/mol. The quantitative estimate of drug-likeness (QED) is 0.855. The molecule has 1 aliphatic heterocycles. The Kier molecular flexibility index (Phi) is 4.72. The number of carbonyl (C=O) groups is 1. The van der Waals surface area contributed by atoms with E-state index >= 15 is 0 Å². The van der Waals surface area contributed by atoms with Crippen molar-refractivity contribution < 1.29 is 13.9 Å². The molecule has 2 rings (SSSR count). The number of hydrogen-bond donors (Lipinski definition) is 0. The number of ketones is 1. The molecule has 0 aliphatic carbocycles. The predicted octanol–water partition coefficient (Wildman–Crippen LogP) is 2.63. The van der Waals surface area contributed by atoms with Gasteiger partial charge in [-0.3, -0.25) is 9.69 Å². The maximum Gasteiger partial charge on any atom is 0.166 e. The van der Waals surface area contributed by atoms with Crippen molar-refractivity contribution >= 4 is 21.7 Å². The van der Waals surface area contributed by atoms with Crippen molar-refractivity contribution in [2.45, 2.75) is 12.8 Å². The summed E-state index contributed by atoms with van der Waals surface area (Å²) >= 11 is 3.20. The summed E-state index contributed by atoms with van der Waals surface area (Å²) in [7, 11) is 0. The van der Waals surface area contributed by atoms with Gasteiger partial charge in [0, 0.05) is 36.9 Å². The molecule has 0 spiro atoms. The number of halogens is 2. The highest BCUT2D eigenvalue weighted by Crippen LogP contribution is 2.21. The molecule has 0 amide bonds. The van der Waals surface area contributed by atoms with Gasteiger partial charge in [-0.05, 0) is 18.2 Å². The summed E-state index contributed by atoms with van der Waals surface area (Å²) in [6.07, 6.45) is 1.24. The van der Waals surface area contributed by atoms with Crippen LogP contribution in [0.2, 0.25) is 0 Å². The Hall–Kier alpha value is -0.940. The average Bonchev–Trinajstić information content (AvgIpc) is 2.34. The Labute approximate surface area is 114 Å². The van der Waals surface area contributed by atoms with E-state index in [4.69, 9.17) is 4.74 Å². The second-order valence-corrected chi connectivity index (χ2v) is 5.22. The highest BCUT2D eigenvalue weighted by Gasteiger charge is 2.15. The van der Waals surface area contributed by atoms with E-state index in [9.17, 15) is 9.18 Å². The lowest BCUT2D eigenvalue weighted by Gasteiger charge is -2.25. The van der Waals surface area contributed by atoms with E-state index in [2.05, 4.69) is 20.8 Å². The van der Waals surface area contributed by atoms with Crippen LogP contribution in [0.5, 0.6) is 5.75 Å². The molecule has 1 aromatic rings. The molecule has 18 heavy (non-hydrogen) atoms. The van der Waals surface area contributed by atoms with Gasteiger partial charge in [-0.1, -0.05) is 15.9 Å². The first-order chi connectivity index (χ1) is 8.65. The first-order valence-electron chi connectivity index (χ1n) is 5.97. The molecule has 1 heterocycles. The largest absolute Gasteiger partial charge is 0.489 e. The van der Waals surface area contributed by atoms with E-state index in [-0.39, 0.29) is 11.6 Å². The molecule has 1 fully saturated rings. The van der Waals surface area contributed by atoms with E-state index in [1.165, 1.54) is 6.07 Å². The van der Waals surface area contributed by atoms with Crippen LogP contribution in [0.15, 0.2) is 22.7 Å². The van der Waals surface area contributed by atoms with Crippen molar-refractivity contribution in [1.82, 2.24) is 4.90 Å². The van der Waals surface area contributed by atoms with Gasteiger partial charge in [-0.15, -0.1) is 0 Å². The Morgan fingerprint density at radius 1 is 1.33 bits per heavy atom. The molecular formula is C13H15BrFNO2. The summed E-state index contributed by atoms with van der Waals surface area (Å²) in [4.78, 5) is 13.2. The molecule has 0 bridgehead atoms. The lowest BCUT2D eigenvalue weighted by Crippen LogP contribution is -2.36. The van der Waals surface area contributed by atoms with Crippen molar-refractivity contribution in [2.75, 3.05) is 26.2 Å². The van der Waals surface area contributed by atoms with Gasteiger partial charge in [0.2, 0.25) is 0 Å². The zero-order valence-corrected chi connectivity index (χ0v) is 11.6. The fourth-order valence-corrected chi connectivity index (χ4v) is 2.24. The van der Waals surface area contributed by atoms with Crippen LogP contribution < -0.4 is 4.74 Å². The lowest BCUT2D eigenvalue weighted by atomic mass is 10.1. The van der Waals surface area contributed by atoms with Crippen molar-refractivity contribution in [2.24, 2.45) is 0 Å². The average molecular weight is 316 g/mol. The number of piperidine rings is 1. The van der Waals surface area contributed by atoms with Crippen LogP contribution in [0.4, 0.5) is 4.39 Å². The van der Waals surface area contributed by atoms with E-state index < -0.39 is 0 Å². The zero-order chi connectivity index (χ0) is 13.0. The Morgan fingerprint density at radius 2 is 2.06 bits per heavy atom. The van der Waals surface area contributed by atoms with Crippen LogP contribution in [-0.4, -0.2) is 36.9 Å². The molecule has 3 nitrogen and oxygen atoms in total. The van der Waals surface area contributed by atoms with Gasteiger partial charge in [0.05, 0.1) is 0 Å². The van der Waals surface area contributed by atoms with E-state index in [0.717, 1.165) is 19.6 Å². The van der Waals surface area contributed by atoms with Gasteiger partial charge < -0.3 is 4.74 Å². The fourth-order valence-electron chi connectivity index (χ4n) is 1.90. The van der Waals surface area contributed by atoms with Crippen LogP contribution in [-0.2, 0) is 4.79 Å². The summed E-state index contributed by atoms with van der Waals surface area (Å²) in [5.41, 5.74) is 0. The molecule has 1 aliphatic rings. The normalized spacial score (nSPS) is 16.9. The van der Waals surface area contributed by atoms with Crippen molar-refractivity contribution in [3.63, 3.8) is 0 Å². The second-order valence-electron chi connectivity index (χ2n) is 4.30. The maximum atomic E-state index is 13.5. The molecule has 1 aromatic carbocycles. The second kappa shape index (κ2) is 6.29. The smallest absolute Gasteiger partial charge is 0.166 e. The molecule has 98 valence electrons. The minimum Gasteiger partial charge on any atom is -0.489 e. The summed E-state index contributed by atoms with van der Waals surface area (Å²) in [6.45, 7) is 2.73. The summed E-state index contributed by atoms with van der Waals surface area (Å²) in [5, 5.41) is 0. The number of nitrogens with zero attached hydrogens (tertiary/aromatic N) is 1. The van der Waals surface area contributed by atoms with Gasteiger partial charge in [0.15, 0.2) is 11.6 Å². The first kappa shape index (κ1) is 13.5. The maximum absolute atomic E-state index is 13.5. The Bertz CT molecular complexity index is 429. The van der Waals surface area contributed by atoms with Crippen molar-refractivity contribution in [3.05, 3.63) is 28.5 Å². The first-order valence-corrected chi connectivity index (χ1v) is 6.76. The molecule has 0 aromatic heterocycles. The topological polar surface area (TPSA) is 29.5 Å². The standard InChI is InChI=1S/C13H15BrFNO2/c14-10-1-2-13(12(15)9-10)18-8-7-16-5-3-11(17)4-6-16/h1-2,9H,3-8H2. The highest BCUT2D eigenvalue weighted by molar-refractivity contribution is 9.10. The van der Waals surface area contributed by atoms with Crippen molar-refractivity contribution in [3.8, 4) is 5.75 Å². The fraction of sp³-hybridized carbons (Fsp3) is 0.462. The van der Waals surface area contributed by atoms with E-state index in [1.807, 2.05) is 0 Å². The molecule has 0 atom stereocenters. The molecule has 0 N–H and O–H groups in total. The number of benzene rings is 1. The Balaban J connectivity index is 1.76. The predicted molar refractivity (Wildman–Crippen MR) is 70.3 cm³/mol. The van der Waals surface area contributed by atoms with Gasteiger partial charge in [-0.25, -0.2) is 4.39 Å². The SMILES string of the molecule is O=C1CCN(CCOc2ccc(Br)cc2F)CC1. The Morgan fingerprint density at radius 3 is 2.72 bits per heavy atom. The molecule has 0 unspecified atom stereocenters. The zero-order valence-electron chi connectivity index (χ0n) is 9.99. The van der Waals surface area contributed by atoms with Crippen LogP contribution in [0.1, 0.15) is 12.8 Å². The summed E-state index contributed by atoms with van der Waals surface area (Å²) in [5.74, 6) is 0.232. The third-order valence-electron chi connectivity index (χ3n) is 2.97. The minimum absolute atomic E-state index is 0.270. The summed E-state index contributed by atoms with van der Waals surface area (Å²) < 4.78 is 19.5. The van der Waals surface area contributed by atoms with Gasteiger partial charge >= 0.3 is 0 Å². The minimum atomic E-state index is -0.363. The monoisotopic (exact) mass is 315 g/mol.